The van der Waals surface area contributed by atoms with E-state index in [-0.39, 0.29) is 117 Å². The molecule has 28 nitrogen and oxygen atoms in total. The van der Waals surface area contributed by atoms with Gasteiger partial charge in [-0.15, -0.1) is 0 Å². The van der Waals surface area contributed by atoms with Crippen LogP contribution < -0.4 is 33.5 Å². The number of ether oxygens (including phenoxy) is 8. The Morgan fingerprint density at radius 1 is 0.635 bits per heavy atom. The maximum atomic E-state index is 14.3. The molecule has 10 rings (SSSR count). The second-order valence-electron chi connectivity index (χ2n) is 26.3. The fourth-order valence-electron chi connectivity index (χ4n) is 12.8. The van der Waals surface area contributed by atoms with E-state index in [4.69, 9.17) is 37.9 Å². The fraction of sp³-hybridized carbons (Fsp3) is 0.500. The van der Waals surface area contributed by atoms with E-state index >= 15 is 0 Å². The average molecular weight is 1340 g/mol. The summed E-state index contributed by atoms with van der Waals surface area (Å²) in [5.74, 6) is -4.66. The van der Waals surface area contributed by atoms with Crippen LogP contribution in [-0.2, 0) is 37.0 Å². The van der Waals surface area contributed by atoms with Crippen LogP contribution in [0.5, 0.6) is 28.7 Å². The van der Waals surface area contributed by atoms with Crippen LogP contribution in [0, 0.1) is 18.3 Å². The number of amides is 3. The number of aliphatic hydroxyl groups is 8. The molecule has 96 heavy (non-hydrogen) atoms. The minimum absolute atomic E-state index is 0.00999. The van der Waals surface area contributed by atoms with E-state index in [1.54, 1.807) is 41.0 Å². The molecule has 4 aromatic rings. The molecule has 14 atom stereocenters. The van der Waals surface area contributed by atoms with Crippen molar-refractivity contribution in [1.29, 1.82) is 0 Å². The van der Waals surface area contributed by atoms with Gasteiger partial charge in [0.05, 0.1) is 79.1 Å². The Bertz CT molecular complexity index is 3610. The number of hydrogen-bond donors (Lipinski definition) is 10. The van der Waals surface area contributed by atoms with Gasteiger partial charge in [0.15, 0.2) is 29.6 Å². The average Bonchev–Trinajstić information content (AvgIpc) is 1.59. The SMILES string of the molecule is C=C1C[C@H]2C(O)N(COCc3ccc(O[C@@H]4C[C@H](C(=O)O)[C@@H](O)[C@H](O)[C@H]4O)c(C(=O)CC(C)(C)C)c3)c3cc(OCCCCCOc4cc5c(cc4OC)C(=O)N4CC(=C)C[C@H]4C(O)N5C(=O)OCc4ccc(O[C@@H]5O[C@H](C(=O)O)[C@@H](O)[C@H](O)[C@H]5O)cc4)c(C)cc3C(=O)N2C1. The monoisotopic (exact) mass is 1340 g/mol. The van der Waals surface area contributed by atoms with Crippen LogP contribution >= 0.6 is 0 Å². The van der Waals surface area contributed by atoms with Crippen molar-refractivity contribution < 1.29 is 118 Å². The van der Waals surface area contributed by atoms with Crippen LogP contribution in [-0.4, -0.2) is 216 Å². The van der Waals surface area contributed by atoms with Gasteiger partial charge in [-0.1, -0.05) is 63.3 Å². The minimum atomic E-state index is -1.91. The Balaban J connectivity index is 0.787. The Hall–Kier alpha value is -8.42. The molecular weight excluding hydrogens is 1260 g/mol. The van der Waals surface area contributed by atoms with Crippen molar-refractivity contribution in [1.82, 2.24) is 9.80 Å². The number of rotatable bonds is 23. The molecule has 28 heteroatoms. The number of nitrogens with zero attached hydrogens (tertiary/aromatic N) is 4. The van der Waals surface area contributed by atoms with Crippen LogP contribution in [0.25, 0.3) is 0 Å². The molecule has 1 aliphatic carbocycles. The number of ketones is 1. The van der Waals surface area contributed by atoms with E-state index < -0.39 is 115 Å². The summed E-state index contributed by atoms with van der Waals surface area (Å²) in [6, 6.07) is 15.2. The number of fused-ring (bicyclic) bond motifs is 4. The summed E-state index contributed by atoms with van der Waals surface area (Å²) >= 11 is 0. The first-order valence-electron chi connectivity index (χ1n) is 31.6. The number of carbonyl (C=O) groups excluding carboxylic acids is 4. The molecule has 3 amide bonds. The number of aliphatic carboxylic acids is 2. The number of benzene rings is 4. The highest BCUT2D eigenvalue weighted by molar-refractivity contribution is 6.06. The van der Waals surface area contributed by atoms with Crippen molar-refractivity contribution in [2.24, 2.45) is 11.3 Å². The van der Waals surface area contributed by atoms with Gasteiger partial charge >= 0.3 is 18.0 Å². The molecule has 518 valence electrons. The predicted octanol–water partition coefficient (Wildman–Crippen LogP) is 3.79. The zero-order valence-electron chi connectivity index (χ0n) is 53.7. The summed E-state index contributed by atoms with van der Waals surface area (Å²) in [7, 11) is 1.40. The van der Waals surface area contributed by atoms with Crippen LogP contribution in [0.1, 0.15) is 113 Å². The summed E-state index contributed by atoms with van der Waals surface area (Å²) in [6.45, 7) is 15.6. The van der Waals surface area contributed by atoms with Gasteiger partial charge in [0.2, 0.25) is 6.29 Å². The summed E-state index contributed by atoms with van der Waals surface area (Å²) in [4.78, 5) is 85.8. The standard InChI is InChI=1S/C68H82N4O24/c1-33-19-45-62(82)71(32-90-30-37-13-16-48(41(22-37)47(73)27-68(4,5)6)95-52-24-42(64(84)85)53(74)55(76)54(52)75)43-25-49(35(3)21-39(43)60(80)69(45)28-33)91-17-9-8-10-18-92-51-26-44-40(23-50(51)89-7)61(81)70-29-34(2)20-46(70)63(83)72(44)67(88)93-31-36-11-14-38(15-12-36)94-66-58(79)56(77)57(78)59(96-66)65(86)87/h11-16,21-23,25-26,42,45-46,52-59,62-63,66,74-79,82-83H,1-2,8-10,17-20,24,27-32H2,3-7H3,(H,84,85)(H,86,87)/t42-,45-,46-,52+,53+,54-,55-,56-,57-,58+,59-,62?,63?,66+/m0/s1. The first-order valence-corrected chi connectivity index (χ1v) is 31.6. The number of aryl methyl sites for hydroxylation is 1. The number of unbranched alkanes of at least 4 members (excludes halogenated alkanes) is 2. The second kappa shape index (κ2) is 29.1. The van der Waals surface area contributed by atoms with Crippen molar-refractivity contribution >= 4 is 47.0 Å². The molecule has 0 radical (unpaired) electrons. The van der Waals surface area contributed by atoms with Crippen LogP contribution in [0.3, 0.4) is 0 Å². The lowest BCUT2D eigenvalue weighted by atomic mass is 9.80. The third kappa shape index (κ3) is 14.9. The Morgan fingerprint density at radius 3 is 1.86 bits per heavy atom. The minimum Gasteiger partial charge on any atom is -0.493 e. The topological polar surface area (TPSA) is 392 Å². The zero-order chi connectivity index (χ0) is 69.4. The predicted molar refractivity (Wildman–Crippen MR) is 337 cm³/mol. The molecular formula is C68H82N4O24. The van der Waals surface area contributed by atoms with Gasteiger partial charge in [-0.05, 0) is 97.5 Å². The first kappa shape index (κ1) is 70.4. The molecule has 6 aliphatic rings. The highest BCUT2D eigenvalue weighted by atomic mass is 16.7. The van der Waals surface area contributed by atoms with E-state index in [0.29, 0.717) is 64.9 Å². The number of aliphatic hydroxyl groups excluding tert-OH is 8. The number of Topliss-reactive ketones (excluding diaryl/α,β-unsaturated/α-hetero) is 1. The van der Waals surface area contributed by atoms with Gasteiger partial charge in [-0.3, -0.25) is 19.2 Å². The van der Waals surface area contributed by atoms with Gasteiger partial charge in [0.25, 0.3) is 11.8 Å². The van der Waals surface area contributed by atoms with Crippen molar-refractivity contribution in [3.63, 3.8) is 0 Å². The lowest BCUT2D eigenvalue weighted by molar-refractivity contribution is -0.271. The van der Waals surface area contributed by atoms with Crippen LogP contribution in [0.4, 0.5) is 16.2 Å². The third-order valence-corrected chi connectivity index (χ3v) is 17.9. The number of carboxylic acids is 2. The normalized spacial score (nSPS) is 27.2. The number of carboxylic acid groups (broad SMARTS) is 2. The van der Waals surface area contributed by atoms with E-state index in [0.717, 1.165) is 10.5 Å². The number of anilines is 2. The lowest BCUT2D eigenvalue weighted by Crippen LogP contribution is -2.61. The molecule has 3 saturated heterocycles. The van der Waals surface area contributed by atoms with E-state index in [1.807, 2.05) is 20.8 Å². The fourth-order valence-corrected chi connectivity index (χ4v) is 12.8. The van der Waals surface area contributed by atoms with E-state index in [2.05, 4.69) is 13.2 Å². The highest BCUT2D eigenvalue weighted by Crippen LogP contribution is 2.44. The van der Waals surface area contributed by atoms with Crippen molar-refractivity contribution in [3.05, 3.63) is 124 Å². The van der Waals surface area contributed by atoms with Crippen molar-refractivity contribution in [2.75, 3.05) is 49.9 Å². The molecule has 4 fully saturated rings. The molecule has 0 spiro atoms. The van der Waals surface area contributed by atoms with Crippen molar-refractivity contribution in [3.8, 4) is 28.7 Å². The third-order valence-electron chi connectivity index (χ3n) is 17.9. The number of carbonyl (C=O) groups is 6. The molecule has 4 aromatic carbocycles. The number of methoxy groups -OCH3 is 1. The molecule has 5 heterocycles. The number of hydrogen-bond acceptors (Lipinski definition) is 23. The van der Waals surface area contributed by atoms with E-state index in [1.165, 1.54) is 54.5 Å². The van der Waals surface area contributed by atoms with Gasteiger partial charge < -0.3 is 104 Å². The molecule has 0 aromatic heterocycles. The summed E-state index contributed by atoms with van der Waals surface area (Å²) in [6.07, 6.45) is -17.6. The smallest absolute Gasteiger partial charge is 0.416 e. The zero-order valence-corrected chi connectivity index (χ0v) is 53.7. The summed E-state index contributed by atoms with van der Waals surface area (Å²) < 4.78 is 47.2. The van der Waals surface area contributed by atoms with Gasteiger partial charge in [-0.2, -0.15) is 0 Å². The molecule has 10 N–H and O–H groups in total. The molecule has 5 aliphatic heterocycles. The molecule has 2 unspecified atom stereocenters. The molecule has 0 bridgehead atoms. The maximum Gasteiger partial charge on any atom is 0.416 e. The van der Waals surface area contributed by atoms with Gasteiger partial charge in [-0.25, -0.2) is 14.5 Å². The van der Waals surface area contributed by atoms with Gasteiger partial charge in [0.1, 0.15) is 73.4 Å². The Kier molecular flexibility index (Phi) is 21.3. The Morgan fingerprint density at radius 2 is 1.24 bits per heavy atom. The summed E-state index contributed by atoms with van der Waals surface area (Å²) in [5.41, 5.74) is 3.33. The van der Waals surface area contributed by atoms with Gasteiger partial charge in [0, 0.05) is 38.1 Å². The van der Waals surface area contributed by atoms with E-state index in [9.17, 15) is 79.8 Å². The maximum absolute atomic E-state index is 14.3. The van der Waals surface area contributed by atoms with Crippen LogP contribution in [0.2, 0.25) is 0 Å². The molecule has 1 saturated carbocycles. The van der Waals surface area contributed by atoms with Crippen LogP contribution in [0.15, 0.2) is 91.0 Å². The Labute approximate surface area is 552 Å². The second-order valence-corrected chi connectivity index (χ2v) is 26.3. The lowest BCUT2D eigenvalue weighted by Gasteiger charge is -2.38. The summed E-state index contributed by atoms with van der Waals surface area (Å²) in [5, 5.41) is 106. The first-order chi connectivity index (χ1) is 45.5. The quantitative estimate of drug-likeness (QED) is 0.0287. The largest absolute Gasteiger partial charge is 0.493 e. The van der Waals surface area contributed by atoms with Crippen molar-refractivity contribution in [2.45, 2.75) is 166 Å². The highest BCUT2D eigenvalue weighted by Gasteiger charge is 2.51.